The van der Waals surface area contributed by atoms with E-state index in [1.54, 1.807) is 12.1 Å². The second-order valence-corrected chi connectivity index (χ2v) is 10.4. The molecule has 0 fully saturated rings. The van der Waals surface area contributed by atoms with Crippen LogP contribution in [0.1, 0.15) is 6.85 Å². The zero-order valence-corrected chi connectivity index (χ0v) is 23.1. The standard InChI is InChI=1S/C39H23N3O2/c1-3-12-24(13-4-1)26-17-9-18-27-28-19-10-21-31(36(28)44-35(26)27)39-41-37(25-14-5-2-6-15-25)40-38(42-39)30-20-11-23-33-34(30)29-16-7-8-22-32(29)43-33/h1-23H/i1D,3D,4D,12D,13D. The molecule has 0 aliphatic heterocycles. The lowest BCUT2D eigenvalue weighted by atomic mass is 10.0. The van der Waals surface area contributed by atoms with E-state index in [0.717, 1.165) is 43.8 Å². The van der Waals surface area contributed by atoms with Crippen LogP contribution in [0.3, 0.4) is 0 Å². The fraction of sp³-hybridized carbons (Fsp3) is 0. The van der Waals surface area contributed by atoms with Crippen LogP contribution in [0.15, 0.2) is 148 Å². The lowest BCUT2D eigenvalue weighted by Crippen LogP contribution is -2.00. The second kappa shape index (κ2) is 9.75. The third-order valence-electron chi connectivity index (χ3n) is 7.85. The van der Waals surface area contributed by atoms with E-state index in [2.05, 4.69) is 0 Å². The highest BCUT2D eigenvalue weighted by atomic mass is 16.3. The average molecular weight is 571 g/mol. The number of fused-ring (bicyclic) bond motifs is 6. The minimum absolute atomic E-state index is 0.0754. The first kappa shape index (κ1) is 19.9. The molecule has 5 nitrogen and oxygen atoms in total. The van der Waals surface area contributed by atoms with Crippen LogP contribution < -0.4 is 0 Å². The highest BCUT2D eigenvalue weighted by Gasteiger charge is 2.21. The van der Waals surface area contributed by atoms with Crippen LogP contribution in [0, 0.1) is 0 Å². The van der Waals surface area contributed by atoms with Crippen molar-refractivity contribution >= 4 is 43.9 Å². The first-order chi connectivity index (χ1) is 23.9. The van der Waals surface area contributed by atoms with Gasteiger partial charge in [-0.2, -0.15) is 0 Å². The van der Waals surface area contributed by atoms with Crippen molar-refractivity contribution < 1.29 is 15.7 Å². The molecule has 0 aliphatic rings. The van der Waals surface area contributed by atoms with Crippen LogP contribution >= 0.6 is 0 Å². The topological polar surface area (TPSA) is 65.0 Å². The molecule has 0 N–H and O–H groups in total. The van der Waals surface area contributed by atoms with Crippen molar-refractivity contribution in [2.24, 2.45) is 0 Å². The molecule has 0 atom stereocenters. The quantitative estimate of drug-likeness (QED) is 0.211. The number of furan rings is 2. The summed E-state index contributed by atoms with van der Waals surface area (Å²) in [5, 5.41) is 3.36. The van der Waals surface area contributed by atoms with E-state index in [4.69, 9.17) is 30.6 Å². The summed E-state index contributed by atoms with van der Waals surface area (Å²) in [6, 6.07) is 32.7. The van der Waals surface area contributed by atoms with Gasteiger partial charge in [0, 0.05) is 38.2 Å². The molecule has 0 unspecified atom stereocenters. The van der Waals surface area contributed by atoms with Crippen molar-refractivity contribution in [2.45, 2.75) is 0 Å². The first-order valence-corrected chi connectivity index (χ1v) is 14.1. The van der Waals surface area contributed by atoms with Gasteiger partial charge in [-0.3, -0.25) is 0 Å². The number of hydrogen-bond acceptors (Lipinski definition) is 5. The molecule has 9 aromatic rings. The molecule has 3 heterocycles. The number of nitrogens with zero attached hydrogens (tertiary/aromatic N) is 3. The molecule has 0 radical (unpaired) electrons. The maximum absolute atomic E-state index is 8.62. The monoisotopic (exact) mass is 570 g/mol. The SMILES string of the molecule is [2H]c1c([2H])c([2H])c(-c2cccc3c2oc2c(-c4nc(-c5ccccc5)nc(-c5cccc6oc7ccccc7c56)n4)cccc23)c([2H])c1[2H]. The van der Waals surface area contributed by atoms with Gasteiger partial charge < -0.3 is 8.83 Å². The maximum atomic E-state index is 8.62. The zero-order valence-electron chi connectivity index (χ0n) is 28.1. The van der Waals surface area contributed by atoms with Crippen LogP contribution in [0.5, 0.6) is 0 Å². The van der Waals surface area contributed by atoms with Gasteiger partial charge in [0.05, 0.1) is 12.4 Å². The van der Waals surface area contributed by atoms with Gasteiger partial charge in [-0.15, -0.1) is 0 Å². The fourth-order valence-electron chi connectivity index (χ4n) is 5.87. The molecular weight excluding hydrogens is 542 g/mol. The Kier molecular flexibility index (Phi) is 4.42. The molecule has 0 aliphatic carbocycles. The Hall–Kier alpha value is -6.07. The van der Waals surface area contributed by atoms with E-state index in [1.807, 2.05) is 97.1 Å². The minimum atomic E-state index is -0.447. The van der Waals surface area contributed by atoms with Gasteiger partial charge in [-0.05, 0) is 23.8 Å². The summed E-state index contributed by atoms with van der Waals surface area (Å²) in [6.45, 7) is 0. The van der Waals surface area contributed by atoms with Crippen molar-refractivity contribution in [1.82, 2.24) is 15.0 Å². The molecule has 206 valence electrons. The number of rotatable bonds is 4. The highest BCUT2D eigenvalue weighted by molar-refractivity contribution is 6.13. The molecule has 3 aromatic heterocycles. The lowest BCUT2D eigenvalue weighted by Gasteiger charge is -2.09. The van der Waals surface area contributed by atoms with E-state index in [1.165, 1.54) is 0 Å². The van der Waals surface area contributed by atoms with Gasteiger partial charge >= 0.3 is 0 Å². The van der Waals surface area contributed by atoms with Gasteiger partial charge in [0.25, 0.3) is 0 Å². The van der Waals surface area contributed by atoms with Gasteiger partial charge in [-0.25, -0.2) is 15.0 Å². The number of aromatic nitrogens is 3. The average Bonchev–Trinajstić information content (AvgIpc) is 3.73. The molecule has 0 saturated heterocycles. The second-order valence-electron chi connectivity index (χ2n) is 10.4. The molecule has 5 heteroatoms. The highest BCUT2D eigenvalue weighted by Crippen LogP contribution is 2.40. The summed E-state index contributed by atoms with van der Waals surface area (Å²) in [5.74, 6) is 1.34. The van der Waals surface area contributed by atoms with Crippen LogP contribution in [-0.4, -0.2) is 15.0 Å². The third kappa shape index (κ3) is 3.83. The van der Waals surface area contributed by atoms with E-state index in [-0.39, 0.29) is 17.6 Å². The van der Waals surface area contributed by atoms with Crippen LogP contribution in [0.4, 0.5) is 0 Å². The largest absolute Gasteiger partial charge is 0.456 e. The summed E-state index contributed by atoms with van der Waals surface area (Å²) in [7, 11) is 0. The Morgan fingerprint density at radius 1 is 0.432 bits per heavy atom. The summed E-state index contributed by atoms with van der Waals surface area (Å²) in [4.78, 5) is 15.0. The van der Waals surface area contributed by atoms with Crippen molar-refractivity contribution in [1.29, 1.82) is 0 Å². The van der Waals surface area contributed by atoms with E-state index < -0.39 is 18.1 Å². The summed E-state index contributed by atoms with van der Waals surface area (Å²) >= 11 is 0. The predicted octanol–water partition coefficient (Wildman–Crippen LogP) is 10.3. The first-order valence-electron chi connectivity index (χ1n) is 16.6. The van der Waals surface area contributed by atoms with Crippen LogP contribution in [0.2, 0.25) is 0 Å². The van der Waals surface area contributed by atoms with Gasteiger partial charge in [0.1, 0.15) is 22.3 Å². The molecule has 6 aromatic carbocycles. The number of hydrogen-bond donors (Lipinski definition) is 0. The molecule has 0 bridgehead atoms. The Bertz CT molecular complexity index is 2760. The molecule has 0 spiro atoms. The molecule has 0 amide bonds. The predicted molar refractivity (Wildman–Crippen MR) is 176 cm³/mol. The van der Waals surface area contributed by atoms with Crippen molar-refractivity contribution in [3.63, 3.8) is 0 Å². The van der Waals surface area contributed by atoms with Crippen molar-refractivity contribution in [3.05, 3.63) is 139 Å². The summed E-state index contributed by atoms with van der Waals surface area (Å²) in [6.07, 6.45) is 0. The minimum Gasteiger partial charge on any atom is -0.456 e. The van der Waals surface area contributed by atoms with E-state index in [0.29, 0.717) is 39.8 Å². The molecule has 9 rings (SSSR count). The lowest BCUT2D eigenvalue weighted by molar-refractivity contribution is 0.669. The smallest absolute Gasteiger partial charge is 0.167 e. The third-order valence-corrected chi connectivity index (χ3v) is 7.85. The van der Waals surface area contributed by atoms with Crippen LogP contribution in [0.25, 0.3) is 89.2 Å². The summed E-state index contributed by atoms with van der Waals surface area (Å²) < 4.78 is 54.6. The molecular formula is C39H23N3O2. The Morgan fingerprint density at radius 2 is 1.02 bits per heavy atom. The number of para-hydroxylation sites is 3. The van der Waals surface area contributed by atoms with Gasteiger partial charge in [0.15, 0.2) is 17.5 Å². The maximum Gasteiger partial charge on any atom is 0.167 e. The normalized spacial score (nSPS) is 13.2. The summed E-state index contributed by atoms with van der Waals surface area (Å²) in [5.41, 5.74) is 5.09. The van der Waals surface area contributed by atoms with Crippen molar-refractivity contribution in [2.75, 3.05) is 0 Å². The van der Waals surface area contributed by atoms with Gasteiger partial charge in [0.2, 0.25) is 0 Å². The van der Waals surface area contributed by atoms with E-state index in [9.17, 15) is 0 Å². The molecule has 44 heavy (non-hydrogen) atoms. The fourth-order valence-corrected chi connectivity index (χ4v) is 5.87. The Balaban J connectivity index is 1.32. The van der Waals surface area contributed by atoms with Crippen LogP contribution in [-0.2, 0) is 0 Å². The Morgan fingerprint density at radius 3 is 1.84 bits per heavy atom. The number of benzene rings is 6. The van der Waals surface area contributed by atoms with Crippen molar-refractivity contribution in [3.8, 4) is 45.3 Å². The van der Waals surface area contributed by atoms with E-state index >= 15 is 0 Å². The molecule has 0 saturated carbocycles. The van der Waals surface area contributed by atoms with Gasteiger partial charge in [-0.1, -0.05) is 121 Å². The zero-order chi connectivity index (χ0) is 33.4. The Labute approximate surface area is 259 Å².